The molecule has 0 aliphatic carbocycles. The number of anilines is 1. The number of rotatable bonds is 7. The first kappa shape index (κ1) is 22.7. The fourth-order valence-corrected chi connectivity index (χ4v) is 4.48. The molecule has 0 saturated carbocycles. The normalized spacial score (nSPS) is 15.0. The summed E-state index contributed by atoms with van der Waals surface area (Å²) in [5, 5.41) is 8.20. The molecule has 2 heterocycles. The van der Waals surface area contributed by atoms with Gasteiger partial charge in [0.1, 0.15) is 23.4 Å². The van der Waals surface area contributed by atoms with Gasteiger partial charge in [-0.2, -0.15) is 4.98 Å². The number of hydrogen-bond acceptors (Lipinski definition) is 8. The van der Waals surface area contributed by atoms with E-state index in [-0.39, 0.29) is 5.82 Å². The van der Waals surface area contributed by atoms with E-state index in [9.17, 15) is 9.18 Å². The Morgan fingerprint density at radius 1 is 1.18 bits per heavy atom. The van der Waals surface area contributed by atoms with Crippen LogP contribution < -0.4 is 14.8 Å². The van der Waals surface area contributed by atoms with Crippen molar-refractivity contribution in [3.05, 3.63) is 70.7 Å². The van der Waals surface area contributed by atoms with Gasteiger partial charge in [0.05, 0.1) is 26.9 Å². The summed E-state index contributed by atoms with van der Waals surface area (Å²) in [5.41, 5.74) is 2.17. The minimum atomic E-state index is -0.672. The first-order valence-corrected chi connectivity index (χ1v) is 11.1. The van der Waals surface area contributed by atoms with Crippen LogP contribution in [0.2, 0.25) is 0 Å². The lowest BCUT2D eigenvalue weighted by Crippen LogP contribution is -2.29. The van der Waals surface area contributed by atoms with Crippen molar-refractivity contribution in [2.24, 2.45) is 0 Å². The van der Waals surface area contributed by atoms with Gasteiger partial charge in [0.25, 0.3) is 0 Å². The van der Waals surface area contributed by atoms with Crippen molar-refractivity contribution in [3.8, 4) is 11.5 Å². The van der Waals surface area contributed by atoms with Crippen LogP contribution >= 0.6 is 11.8 Å². The molecule has 1 atom stereocenters. The third-order valence-electron chi connectivity index (χ3n) is 5.28. The maximum absolute atomic E-state index is 14.0. The van der Waals surface area contributed by atoms with Crippen LogP contribution in [0.1, 0.15) is 24.1 Å². The second-order valence-electron chi connectivity index (χ2n) is 7.21. The third kappa shape index (κ3) is 4.38. The van der Waals surface area contributed by atoms with Crippen molar-refractivity contribution in [1.29, 1.82) is 0 Å². The van der Waals surface area contributed by atoms with Crippen LogP contribution in [0.25, 0.3) is 0 Å². The number of thioether (sulfide) groups is 1. The molecule has 0 amide bonds. The molecule has 1 unspecified atom stereocenters. The van der Waals surface area contributed by atoms with Gasteiger partial charge in [-0.05, 0) is 36.8 Å². The standard InChI is InChI=1S/C23H23FN4O4S/c1-13-19(21(29)32-4)20(16-11-15(30-2)9-10-18(16)31-3)28-22(25-13)26-23(27-28)33-12-14-7-5-6-8-17(14)24/h5-11,20H,12H2,1-4H3,(H,25,26,27). The monoisotopic (exact) mass is 470 g/mol. The molecule has 1 N–H and O–H groups in total. The van der Waals surface area contributed by atoms with Crippen LogP contribution in [0.5, 0.6) is 11.5 Å². The molecule has 1 aromatic heterocycles. The molecule has 8 nitrogen and oxygen atoms in total. The first-order valence-electron chi connectivity index (χ1n) is 10.1. The summed E-state index contributed by atoms with van der Waals surface area (Å²) in [5.74, 6) is 1.18. The number of benzene rings is 2. The first-order chi connectivity index (χ1) is 16.0. The number of hydrogen-bond donors (Lipinski definition) is 1. The average Bonchev–Trinajstić information content (AvgIpc) is 3.24. The molecule has 1 aliphatic rings. The van der Waals surface area contributed by atoms with Crippen molar-refractivity contribution in [3.63, 3.8) is 0 Å². The van der Waals surface area contributed by atoms with E-state index >= 15 is 0 Å². The van der Waals surface area contributed by atoms with E-state index in [0.29, 0.717) is 50.8 Å². The highest BCUT2D eigenvalue weighted by Crippen LogP contribution is 2.41. The Labute approximate surface area is 194 Å². The largest absolute Gasteiger partial charge is 0.497 e. The SMILES string of the molecule is COC(=O)C1=C(C)Nc2nc(SCc3ccccc3F)nn2C1c1cc(OC)ccc1OC. The summed E-state index contributed by atoms with van der Waals surface area (Å²) >= 11 is 1.30. The van der Waals surface area contributed by atoms with E-state index in [2.05, 4.69) is 15.4 Å². The highest BCUT2D eigenvalue weighted by Gasteiger charge is 2.37. The van der Waals surface area contributed by atoms with E-state index in [0.717, 1.165) is 0 Å². The van der Waals surface area contributed by atoms with E-state index in [1.807, 2.05) is 0 Å². The fourth-order valence-electron chi connectivity index (χ4n) is 3.67. The second kappa shape index (κ2) is 9.53. The number of aromatic nitrogens is 3. The summed E-state index contributed by atoms with van der Waals surface area (Å²) in [6.45, 7) is 1.77. The zero-order chi connectivity index (χ0) is 23.5. The zero-order valence-corrected chi connectivity index (χ0v) is 19.4. The predicted molar refractivity (Wildman–Crippen MR) is 122 cm³/mol. The number of carbonyl (C=O) groups is 1. The Morgan fingerprint density at radius 2 is 1.97 bits per heavy atom. The molecule has 2 aromatic carbocycles. The minimum absolute atomic E-state index is 0.281. The fraction of sp³-hybridized carbons (Fsp3) is 0.261. The van der Waals surface area contributed by atoms with Crippen LogP contribution in [0.15, 0.2) is 58.9 Å². The lowest BCUT2D eigenvalue weighted by atomic mass is 9.94. The van der Waals surface area contributed by atoms with Crippen LogP contribution in [-0.4, -0.2) is 42.1 Å². The lowest BCUT2D eigenvalue weighted by Gasteiger charge is -2.28. The summed E-state index contributed by atoms with van der Waals surface area (Å²) in [6.07, 6.45) is 0. The van der Waals surface area contributed by atoms with Gasteiger partial charge < -0.3 is 19.5 Å². The molecule has 33 heavy (non-hydrogen) atoms. The predicted octanol–water partition coefficient (Wildman–Crippen LogP) is 4.19. The van der Waals surface area contributed by atoms with Crippen LogP contribution in [0.4, 0.5) is 10.3 Å². The Hall–Kier alpha value is -3.53. The van der Waals surface area contributed by atoms with Crippen LogP contribution in [-0.2, 0) is 15.3 Å². The molecule has 0 radical (unpaired) electrons. The number of allylic oxidation sites excluding steroid dienone is 1. The Bertz CT molecular complexity index is 1230. The highest BCUT2D eigenvalue weighted by molar-refractivity contribution is 7.98. The van der Waals surface area contributed by atoms with Crippen molar-refractivity contribution in [1.82, 2.24) is 14.8 Å². The van der Waals surface area contributed by atoms with Crippen molar-refractivity contribution >= 4 is 23.7 Å². The minimum Gasteiger partial charge on any atom is -0.497 e. The second-order valence-corrected chi connectivity index (χ2v) is 8.15. The third-order valence-corrected chi connectivity index (χ3v) is 6.17. The number of fused-ring (bicyclic) bond motifs is 1. The summed E-state index contributed by atoms with van der Waals surface area (Å²) in [6, 6.07) is 11.2. The molecule has 10 heteroatoms. The number of esters is 1. The van der Waals surface area contributed by atoms with E-state index < -0.39 is 12.0 Å². The molecule has 1 aliphatic heterocycles. The summed E-state index contributed by atoms with van der Waals surface area (Å²) < 4.78 is 31.7. The van der Waals surface area contributed by atoms with Gasteiger partial charge in [-0.25, -0.2) is 13.9 Å². The van der Waals surface area contributed by atoms with E-state index in [4.69, 9.17) is 14.2 Å². The molecule has 3 aromatic rings. The number of ether oxygens (including phenoxy) is 3. The molecule has 0 fully saturated rings. The quantitative estimate of drug-likeness (QED) is 0.406. The highest BCUT2D eigenvalue weighted by atomic mass is 32.2. The summed E-state index contributed by atoms with van der Waals surface area (Å²) in [4.78, 5) is 17.3. The van der Waals surface area contributed by atoms with Gasteiger partial charge in [-0.3, -0.25) is 0 Å². The Morgan fingerprint density at radius 3 is 2.67 bits per heavy atom. The van der Waals surface area contributed by atoms with Crippen LogP contribution in [0, 0.1) is 5.82 Å². The maximum Gasteiger partial charge on any atom is 0.338 e. The van der Waals surface area contributed by atoms with Crippen molar-refractivity contribution in [2.45, 2.75) is 23.9 Å². The van der Waals surface area contributed by atoms with Crippen molar-refractivity contribution < 1.29 is 23.4 Å². The average molecular weight is 471 g/mol. The Balaban J connectivity index is 1.78. The maximum atomic E-state index is 14.0. The van der Waals surface area contributed by atoms with E-state index in [1.165, 1.54) is 24.9 Å². The molecular formula is C23H23FN4O4S. The Kier molecular flexibility index (Phi) is 6.55. The smallest absolute Gasteiger partial charge is 0.338 e. The molecular weight excluding hydrogens is 447 g/mol. The molecule has 0 bridgehead atoms. The van der Waals surface area contributed by atoms with Gasteiger partial charge in [-0.15, -0.1) is 5.10 Å². The number of nitrogens with zero attached hydrogens (tertiary/aromatic N) is 3. The molecule has 0 saturated heterocycles. The molecule has 172 valence electrons. The van der Waals surface area contributed by atoms with Gasteiger partial charge >= 0.3 is 5.97 Å². The van der Waals surface area contributed by atoms with Gasteiger partial charge in [0.15, 0.2) is 0 Å². The topological polar surface area (TPSA) is 87.5 Å². The molecule has 4 rings (SSSR count). The van der Waals surface area contributed by atoms with Gasteiger partial charge in [0, 0.05) is 17.0 Å². The lowest BCUT2D eigenvalue weighted by molar-refractivity contribution is -0.136. The van der Waals surface area contributed by atoms with Gasteiger partial charge in [0.2, 0.25) is 11.1 Å². The number of carbonyl (C=O) groups excluding carboxylic acids is 1. The zero-order valence-electron chi connectivity index (χ0n) is 18.6. The van der Waals surface area contributed by atoms with Crippen LogP contribution in [0.3, 0.4) is 0 Å². The van der Waals surface area contributed by atoms with E-state index in [1.54, 1.807) is 62.2 Å². The van der Waals surface area contributed by atoms with Crippen molar-refractivity contribution in [2.75, 3.05) is 26.6 Å². The number of halogens is 1. The molecule has 0 spiro atoms. The summed E-state index contributed by atoms with van der Waals surface area (Å²) in [7, 11) is 4.45. The number of nitrogens with one attached hydrogen (secondary N) is 1. The van der Waals surface area contributed by atoms with Gasteiger partial charge in [-0.1, -0.05) is 30.0 Å². The number of methoxy groups -OCH3 is 3.